The van der Waals surface area contributed by atoms with Gasteiger partial charge in [0.15, 0.2) is 22.6 Å². The number of aliphatic imine (C=N–C) groups is 1. The van der Waals surface area contributed by atoms with Crippen molar-refractivity contribution in [2.24, 2.45) is 16.6 Å². The van der Waals surface area contributed by atoms with E-state index in [1.165, 1.54) is 46.3 Å². The van der Waals surface area contributed by atoms with Crippen molar-refractivity contribution in [2.75, 3.05) is 12.4 Å². The van der Waals surface area contributed by atoms with Crippen molar-refractivity contribution in [3.8, 4) is 5.88 Å². The standard InChI is InChI=1S/C22H22F4N6OS/c1-10-21(2,32-20(27)34-22(10,3)19(25)26)12-7-11(8-13(23)16(12)24)30-18-17-14(5-6-28-18)31-15(33-4)9-29-17/h5-10,19H,1-4H3,(H2,27,32)(H,28,30)/t10?,21-,22-/m0/s1. The van der Waals surface area contributed by atoms with Gasteiger partial charge in [-0.15, -0.1) is 0 Å². The molecule has 3 aromatic rings. The molecule has 34 heavy (non-hydrogen) atoms. The van der Waals surface area contributed by atoms with Crippen molar-refractivity contribution in [1.29, 1.82) is 0 Å². The molecule has 2 aromatic heterocycles. The summed E-state index contributed by atoms with van der Waals surface area (Å²) in [6.45, 7) is 4.35. The van der Waals surface area contributed by atoms with Gasteiger partial charge in [-0.2, -0.15) is 0 Å². The summed E-state index contributed by atoms with van der Waals surface area (Å²) in [5.41, 5.74) is 5.08. The van der Waals surface area contributed by atoms with E-state index in [9.17, 15) is 13.2 Å². The average Bonchev–Trinajstić information content (AvgIpc) is 2.79. The maximum absolute atomic E-state index is 15.1. The van der Waals surface area contributed by atoms with Gasteiger partial charge in [-0.3, -0.25) is 4.99 Å². The van der Waals surface area contributed by atoms with Gasteiger partial charge in [0.1, 0.15) is 5.52 Å². The molecule has 0 spiro atoms. The number of amidine groups is 1. The Balaban J connectivity index is 1.81. The van der Waals surface area contributed by atoms with Crippen molar-refractivity contribution < 1.29 is 22.3 Å². The van der Waals surface area contributed by atoms with Crippen LogP contribution in [-0.4, -0.2) is 38.4 Å². The van der Waals surface area contributed by atoms with E-state index in [0.717, 1.165) is 17.8 Å². The number of hydrogen-bond donors (Lipinski definition) is 2. The van der Waals surface area contributed by atoms with E-state index >= 15 is 4.39 Å². The highest BCUT2D eigenvalue weighted by molar-refractivity contribution is 8.15. The van der Waals surface area contributed by atoms with Crippen LogP contribution in [0.1, 0.15) is 26.3 Å². The predicted octanol–water partition coefficient (Wildman–Crippen LogP) is 4.99. The van der Waals surface area contributed by atoms with E-state index in [1.54, 1.807) is 6.07 Å². The highest BCUT2D eigenvalue weighted by Gasteiger charge is 2.54. The van der Waals surface area contributed by atoms with E-state index in [0.29, 0.717) is 16.9 Å². The number of nitrogens with two attached hydrogens (primary N) is 1. The summed E-state index contributed by atoms with van der Waals surface area (Å²) in [5, 5.41) is 2.80. The summed E-state index contributed by atoms with van der Waals surface area (Å²) in [4.78, 5) is 17.1. The van der Waals surface area contributed by atoms with E-state index in [-0.39, 0.29) is 22.2 Å². The van der Waals surface area contributed by atoms with Crippen LogP contribution < -0.4 is 15.8 Å². The van der Waals surface area contributed by atoms with Gasteiger partial charge in [-0.1, -0.05) is 18.7 Å². The molecule has 1 aromatic carbocycles. The van der Waals surface area contributed by atoms with Crippen molar-refractivity contribution in [1.82, 2.24) is 15.0 Å². The SMILES string of the molecule is COc1cnc2c(Nc3cc(F)c(F)c([C@@]4(C)N=C(N)S[C@](C)(C(F)F)C4C)c3)nccc2n1. The normalized spacial score (nSPS) is 24.9. The van der Waals surface area contributed by atoms with Gasteiger partial charge in [0.05, 0.1) is 29.1 Å². The van der Waals surface area contributed by atoms with Crippen molar-refractivity contribution in [2.45, 2.75) is 37.5 Å². The van der Waals surface area contributed by atoms with Crippen molar-refractivity contribution in [3.63, 3.8) is 0 Å². The second-order valence-electron chi connectivity index (χ2n) is 8.29. The number of nitrogens with one attached hydrogen (secondary N) is 1. The molecular weight excluding hydrogens is 472 g/mol. The molecule has 0 saturated heterocycles. The molecule has 1 unspecified atom stereocenters. The van der Waals surface area contributed by atoms with Gasteiger partial charge in [0, 0.05) is 29.4 Å². The summed E-state index contributed by atoms with van der Waals surface area (Å²) in [6.07, 6.45) is 0.0997. The molecule has 0 bridgehead atoms. The quantitative estimate of drug-likeness (QED) is 0.482. The number of anilines is 2. The predicted molar refractivity (Wildman–Crippen MR) is 124 cm³/mol. The molecule has 7 nitrogen and oxygen atoms in total. The average molecular weight is 495 g/mol. The van der Waals surface area contributed by atoms with Crippen LogP contribution in [-0.2, 0) is 5.54 Å². The molecule has 0 aliphatic carbocycles. The van der Waals surface area contributed by atoms with Gasteiger partial charge in [0.25, 0.3) is 6.43 Å². The first-order valence-electron chi connectivity index (χ1n) is 10.2. The molecular formula is C22H22F4N6OS. The lowest BCUT2D eigenvalue weighted by molar-refractivity contribution is 0.0571. The number of benzene rings is 1. The van der Waals surface area contributed by atoms with Crippen LogP contribution in [0.3, 0.4) is 0 Å². The summed E-state index contributed by atoms with van der Waals surface area (Å²) >= 11 is 0.734. The molecule has 0 fully saturated rings. The van der Waals surface area contributed by atoms with Crippen LogP contribution in [0.25, 0.3) is 11.0 Å². The second kappa shape index (κ2) is 8.57. The number of ether oxygens (including phenoxy) is 1. The Bertz CT molecular complexity index is 1290. The van der Waals surface area contributed by atoms with E-state index in [1.807, 2.05) is 0 Å². The molecule has 0 saturated carbocycles. The monoisotopic (exact) mass is 494 g/mol. The van der Waals surface area contributed by atoms with E-state index < -0.39 is 34.3 Å². The number of pyridine rings is 1. The van der Waals surface area contributed by atoms with E-state index in [2.05, 4.69) is 25.3 Å². The lowest BCUT2D eigenvalue weighted by Crippen LogP contribution is -2.52. The zero-order chi connectivity index (χ0) is 24.8. The van der Waals surface area contributed by atoms with Crippen LogP contribution >= 0.6 is 11.8 Å². The zero-order valence-corrected chi connectivity index (χ0v) is 19.6. The van der Waals surface area contributed by atoms with Gasteiger partial charge in [-0.25, -0.2) is 32.5 Å². The first-order chi connectivity index (χ1) is 16.0. The van der Waals surface area contributed by atoms with Crippen molar-refractivity contribution >= 4 is 39.5 Å². The molecule has 1 aliphatic rings. The van der Waals surface area contributed by atoms with Crippen LogP contribution in [0, 0.1) is 17.6 Å². The Labute approximate surface area is 197 Å². The molecule has 3 atom stereocenters. The number of hydrogen-bond acceptors (Lipinski definition) is 8. The highest BCUT2D eigenvalue weighted by atomic mass is 32.2. The van der Waals surface area contributed by atoms with Crippen molar-refractivity contribution in [3.05, 3.63) is 47.8 Å². The van der Waals surface area contributed by atoms with Crippen LogP contribution in [0.2, 0.25) is 0 Å². The molecule has 180 valence electrons. The summed E-state index contributed by atoms with van der Waals surface area (Å²) in [5.74, 6) is -2.71. The van der Waals surface area contributed by atoms with Gasteiger partial charge in [-0.05, 0) is 26.0 Å². The Morgan fingerprint density at radius 2 is 1.94 bits per heavy atom. The third-order valence-corrected chi connectivity index (χ3v) is 7.56. The Kier molecular flexibility index (Phi) is 6.05. The number of fused-ring (bicyclic) bond motifs is 1. The minimum absolute atomic E-state index is 0.124. The maximum Gasteiger partial charge on any atom is 0.253 e. The number of alkyl halides is 2. The number of aromatic nitrogens is 3. The molecule has 4 rings (SSSR count). The Hall–Kier alpha value is -3.15. The maximum atomic E-state index is 15.1. The number of halogens is 4. The first-order valence-corrected chi connectivity index (χ1v) is 11.1. The summed E-state index contributed by atoms with van der Waals surface area (Å²) in [7, 11) is 1.46. The third kappa shape index (κ3) is 3.89. The van der Waals surface area contributed by atoms with E-state index in [4.69, 9.17) is 10.5 Å². The minimum atomic E-state index is -2.77. The topological polar surface area (TPSA) is 98.3 Å². The van der Waals surface area contributed by atoms with Crippen LogP contribution in [0.15, 0.2) is 35.6 Å². The lowest BCUT2D eigenvalue weighted by atomic mass is 9.73. The molecule has 12 heteroatoms. The molecule has 1 aliphatic heterocycles. The molecule has 0 amide bonds. The summed E-state index contributed by atoms with van der Waals surface area (Å²) in [6, 6.07) is 3.89. The zero-order valence-electron chi connectivity index (χ0n) is 18.7. The summed E-state index contributed by atoms with van der Waals surface area (Å²) < 4.78 is 61.2. The molecule has 3 heterocycles. The number of thioether (sulfide) groups is 1. The third-order valence-electron chi connectivity index (χ3n) is 6.29. The lowest BCUT2D eigenvalue weighted by Gasteiger charge is -2.46. The Morgan fingerprint density at radius 3 is 2.62 bits per heavy atom. The number of methoxy groups -OCH3 is 1. The largest absolute Gasteiger partial charge is 0.480 e. The van der Waals surface area contributed by atoms with Crippen LogP contribution in [0.4, 0.5) is 29.1 Å². The Morgan fingerprint density at radius 1 is 1.21 bits per heavy atom. The smallest absolute Gasteiger partial charge is 0.253 e. The number of rotatable bonds is 5. The van der Waals surface area contributed by atoms with Crippen LogP contribution in [0.5, 0.6) is 5.88 Å². The minimum Gasteiger partial charge on any atom is -0.480 e. The highest BCUT2D eigenvalue weighted by Crippen LogP contribution is 2.53. The first kappa shape index (κ1) is 24.0. The fraction of sp³-hybridized carbons (Fsp3) is 0.364. The second-order valence-corrected chi connectivity index (χ2v) is 9.79. The molecule has 3 N–H and O–H groups in total. The fourth-order valence-electron chi connectivity index (χ4n) is 4.03. The van der Waals surface area contributed by atoms with Gasteiger partial charge >= 0.3 is 0 Å². The fourth-order valence-corrected chi connectivity index (χ4v) is 5.21. The van der Waals surface area contributed by atoms with Gasteiger partial charge < -0.3 is 15.8 Å². The molecule has 0 radical (unpaired) electrons. The van der Waals surface area contributed by atoms with Gasteiger partial charge in [0.2, 0.25) is 5.88 Å². The number of nitrogens with zero attached hydrogens (tertiary/aromatic N) is 4.